The SMILES string of the molecule is OCC1CC=CN(Cc2ccccc2)C1c1cccc2ccccc12. The second kappa shape index (κ2) is 7.12. The lowest BCUT2D eigenvalue weighted by molar-refractivity contribution is 0.117. The van der Waals surface area contributed by atoms with Crippen LogP contribution in [0.5, 0.6) is 0 Å². The van der Waals surface area contributed by atoms with Gasteiger partial charge in [-0.25, -0.2) is 0 Å². The normalized spacial score (nSPS) is 20.1. The molecule has 0 saturated heterocycles. The zero-order valence-electron chi connectivity index (χ0n) is 14.3. The first-order valence-corrected chi connectivity index (χ1v) is 8.91. The summed E-state index contributed by atoms with van der Waals surface area (Å²) in [7, 11) is 0. The molecule has 3 aromatic carbocycles. The van der Waals surface area contributed by atoms with Crippen LogP contribution in [-0.4, -0.2) is 16.6 Å². The van der Waals surface area contributed by atoms with E-state index in [0.717, 1.165) is 13.0 Å². The van der Waals surface area contributed by atoms with Gasteiger partial charge in [0.05, 0.1) is 6.04 Å². The van der Waals surface area contributed by atoms with Gasteiger partial charge in [-0.1, -0.05) is 78.9 Å². The van der Waals surface area contributed by atoms with Crippen molar-refractivity contribution in [3.05, 3.63) is 96.2 Å². The molecule has 0 aliphatic carbocycles. The summed E-state index contributed by atoms with van der Waals surface area (Å²) in [5.41, 5.74) is 2.59. The molecular weight excluding hydrogens is 306 g/mol. The molecule has 0 saturated carbocycles. The first-order valence-electron chi connectivity index (χ1n) is 8.91. The van der Waals surface area contributed by atoms with Crippen LogP contribution in [0.15, 0.2) is 85.1 Å². The minimum atomic E-state index is 0.182. The fourth-order valence-electron chi connectivity index (χ4n) is 3.92. The molecule has 0 bridgehead atoms. The standard InChI is InChI=1S/C23H23NO/c25-17-20-12-7-15-24(16-18-8-2-1-3-9-18)23(20)22-14-6-11-19-10-4-5-13-21(19)22/h1-11,13-15,20,23,25H,12,16-17H2. The van der Waals surface area contributed by atoms with Gasteiger partial charge in [-0.2, -0.15) is 0 Å². The molecule has 1 aliphatic rings. The first kappa shape index (κ1) is 15.9. The van der Waals surface area contributed by atoms with E-state index in [1.54, 1.807) is 0 Å². The lowest BCUT2D eigenvalue weighted by Crippen LogP contribution is -2.34. The molecule has 1 N–H and O–H groups in total. The number of allylic oxidation sites excluding steroid dienone is 1. The van der Waals surface area contributed by atoms with E-state index in [1.807, 2.05) is 6.07 Å². The Morgan fingerprint density at radius 3 is 2.48 bits per heavy atom. The molecule has 0 amide bonds. The largest absolute Gasteiger partial charge is 0.396 e. The van der Waals surface area contributed by atoms with Crippen molar-refractivity contribution in [2.75, 3.05) is 6.61 Å². The second-order valence-corrected chi connectivity index (χ2v) is 6.73. The summed E-state index contributed by atoms with van der Waals surface area (Å²) in [6.45, 7) is 1.05. The molecule has 0 radical (unpaired) electrons. The van der Waals surface area contributed by atoms with Gasteiger partial charge >= 0.3 is 0 Å². The molecule has 2 atom stereocenters. The highest BCUT2D eigenvalue weighted by atomic mass is 16.3. The van der Waals surface area contributed by atoms with E-state index >= 15 is 0 Å². The predicted octanol–water partition coefficient (Wildman–Crippen LogP) is 4.91. The fourth-order valence-corrected chi connectivity index (χ4v) is 3.92. The second-order valence-electron chi connectivity index (χ2n) is 6.73. The van der Waals surface area contributed by atoms with Crippen LogP contribution < -0.4 is 0 Å². The summed E-state index contributed by atoms with van der Waals surface area (Å²) in [4.78, 5) is 2.38. The van der Waals surface area contributed by atoms with Gasteiger partial charge in [0, 0.05) is 19.1 Å². The Morgan fingerprint density at radius 1 is 0.880 bits per heavy atom. The molecule has 126 valence electrons. The minimum Gasteiger partial charge on any atom is -0.396 e. The molecule has 0 fully saturated rings. The third-order valence-corrected chi connectivity index (χ3v) is 5.12. The van der Waals surface area contributed by atoms with Crippen LogP contribution in [0.3, 0.4) is 0 Å². The number of aliphatic hydroxyl groups excluding tert-OH is 1. The van der Waals surface area contributed by atoms with Crippen LogP contribution in [0, 0.1) is 5.92 Å². The molecular formula is C23H23NO. The van der Waals surface area contributed by atoms with Gasteiger partial charge in [-0.05, 0) is 34.5 Å². The number of rotatable bonds is 4. The van der Waals surface area contributed by atoms with Crippen molar-refractivity contribution in [2.45, 2.75) is 19.0 Å². The van der Waals surface area contributed by atoms with Crippen LogP contribution in [0.1, 0.15) is 23.6 Å². The Hall–Kier alpha value is -2.58. The summed E-state index contributed by atoms with van der Waals surface area (Å²) in [6, 6.07) is 25.8. The van der Waals surface area contributed by atoms with Crippen LogP contribution in [0.25, 0.3) is 10.8 Å². The number of nitrogens with zero attached hydrogens (tertiary/aromatic N) is 1. The molecule has 2 heteroatoms. The molecule has 1 heterocycles. The number of benzene rings is 3. The van der Waals surface area contributed by atoms with Gasteiger partial charge in [0.15, 0.2) is 0 Å². The summed E-state index contributed by atoms with van der Waals surface area (Å²) >= 11 is 0. The maximum Gasteiger partial charge on any atom is 0.0599 e. The topological polar surface area (TPSA) is 23.5 Å². The van der Waals surface area contributed by atoms with Crippen molar-refractivity contribution in [3.63, 3.8) is 0 Å². The molecule has 0 spiro atoms. The van der Waals surface area contributed by atoms with Crippen molar-refractivity contribution in [2.24, 2.45) is 5.92 Å². The van der Waals surface area contributed by atoms with Crippen molar-refractivity contribution in [1.29, 1.82) is 0 Å². The third-order valence-electron chi connectivity index (χ3n) is 5.12. The van der Waals surface area contributed by atoms with E-state index in [4.69, 9.17) is 0 Å². The van der Waals surface area contributed by atoms with E-state index in [-0.39, 0.29) is 18.6 Å². The van der Waals surface area contributed by atoms with Gasteiger partial charge < -0.3 is 10.0 Å². The lowest BCUT2D eigenvalue weighted by Gasteiger charge is -2.39. The van der Waals surface area contributed by atoms with Gasteiger partial charge in [0.1, 0.15) is 0 Å². The van der Waals surface area contributed by atoms with Crippen molar-refractivity contribution in [3.8, 4) is 0 Å². The predicted molar refractivity (Wildman–Crippen MR) is 103 cm³/mol. The number of aliphatic hydroxyl groups is 1. The van der Waals surface area contributed by atoms with Gasteiger partial charge in [0.25, 0.3) is 0 Å². The van der Waals surface area contributed by atoms with E-state index in [1.165, 1.54) is 21.9 Å². The monoisotopic (exact) mass is 329 g/mol. The van der Waals surface area contributed by atoms with Crippen LogP contribution >= 0.6 is 0 Å². The minimum absolute atomic E-state index is 0.182. The highest BCUT2D eigenvalue weighted by Gasteiger charge is 2.30. The first-order chi connectivity index (χ1) is 12.4. The molecule has 1 aliphatic heterocycles. The van der Waals surface area contributed by atoms with Crippen LogP contribution in [0.2, 0.25) is 0 Å². The van der Waals surface area contributed by atoms with Gasteiger partial charge in [-0.15, -0.1) is 0 Å². The Bertz CT molecular complexity index is 866. The number of hydrogen-bond donors (Lipinski definition) is 1. The smallest absolute Gasteiger partial charge is 0.0599 e. The Kier molecular flexibility index (Phi) is 4.53. The van der Waals surface area contributed by atoms with E-state index in [0.29, 0.717) is 0 Å². The molecule has 4 rings (SSSR count). The quantitative estimate of drug-likeness (QED) is 0.735. The fraction of sp³-hybridized carbons (Fsp3) is 0.217. The number of fused-ring (bicyclic) bond motifs is 1. The lowest BCUT2D eigenvalue weighted by atomic mass is 9.85. The molecule has 0 aromatic heterocycles. The zero-order valence-corrected chi connectivity index (χ0v) is 14.3. The average molecular weight is 329 g/mol. The van der Waals surface area contributed by atoms with Crippen molar-refractivity contribution >= 4 is 10.8 Å². The summed E-state index contributed by atoms with van der Waals surface area (Å²) in [5, 5.41) is 12.6. The molecule has 2 nitrogen and oxygen atoms in total. The average Bonchev–Trinajstić information content (AvgIpc) is 2.68. The maximum atomic E-state index is 10.0. The summed E-state index contributed by atoms with van der Waals surface area (Å²) in [5.74, 6) is 0.208. The highest BCUT2D eigenvalue weighted by Crippen LogP contribution is 2.38. The zero-order chi connectivity index (χ0) is 17.1. The van der Waals surface area contributed by atoms with Crippen LogP contribution in [0.4, 0.5) is 0 Å². The van der Waals surface area contributed by atoms with Crippen molar-refractivity contribution in [1.82, 2.24) is 4.90 Å². The van der Waals surface area contributed by atoms with E-state index < -0.39 is 0 Å². The van der Waals surface area contributed by atoms with Crippen LogP contribution in [-0.2, 0) is 6.54 Å². The Labute approximate surface area is 149 Å². The van der Waals surface area contributed by atoms with Gasteiger partial charge in [-0.3, -0.25) is 0 Å². The van der Waals surface area contributed by atoms with E-state index in [9.17, 15) is 5.11 Å². The maximum absolute atomic E-state index is 10.0. The summed E-state index contributed by atoms with van der Waals surface area (Å²) < 4.78 is 0. The van der Waals surface area contributed by atoms with Gasteiger partial charge in [0.2, 0.25) is 0 Å². The van der Waals surface area contributed by atoms with Crippen molar-refractivity contribution < 1.29 is 5.11 Å². The molecule has 2 unspecified atom stereocenters. The number of hydrogen-bond acceptors (Lipinski definition) is 2. The Balaban J connectivity index is 1.78. The highest BCUT2D eigenvalue weighted by molar-refractivity contribution is 5.86. The Morgan fingerprint density at radius 2 is 1.64 bits per heavy atom. The van der Waals surface area contributed by atoms with E-state index in [2.05, 4.69) is 83.9 Å². The summed E-state index contributed by atoms with van der Waals surface area (Å²) in [6.07, 6.45) is 5.30. The third kappa shape index (κ3) is 3.18. The molecule has 3 aromatic rings. The molecule has 25 heavy (non-hydrogen) atoms.